The van der Waals surface area contributed by atoms with Crippen molar-refractivity contribution >= 4 is 24.2 Å². The molecule has 3 atom stereocenters. The highest BCUT2D eigenvalue weighted by Gasteiger charge is 2.32. The number of phenols is 1. The van der Waals surface area contributed by atoms with Crippen molar-refractivity contribution in [3.8, 4) is 5.75 Å². The molecule has 0 aliphatic carbocycles. The van der Waals surface area contributed by atoms with Gasteiger partial charge in [-0.05, 0) is 62.3 Å². The number of unbranched alkanes of at least 4 members (excludes halogenated alkanes) is 1. The first-order chi connectivity index (χ1) is 20.8. The summed E-state index contributed by atoms with van der Waals surface area (Å²) in [6, 6.07) is 5.09. The second-order valence-electron chi connectivity index (χ2n) is 11.6. The van der Waals surface area contributed by atoms with Gasteiger partial charge in [-0.3, -0.25) is 4.79 Å². The number of aromatic hydroxyl groups is 1. The molecular weight excluding hydrogens is 570 g/mol. The van der Waals surface area contributed by atoms with Crippen LogP contribution in [0.25, 0.3) is 0 Å². The number of hydrogen-bond acceptors (Lipinski definition) is 9. The van der Waals surface area contributed by atoms with Gasteiger partial charge in [0.05, 0.1) is 18.1 Å². The fraction of sp³-hybridized carbons (Fsp3) is 0.677. The van der Waals surface area contributed by atoms with E-state index in [4.69, 9.17) is 25.7 Å². The zero-order chi connectivity index (χ0) is 33.2. The number of phenolic OH excluding ortho intramolecular Hbond substituents is 1. The molecule has 0 spiro atoms. The molecule has 0 aliphatic heterocycles. The first-order valence-corrected chi connectivity index (χ1v) is 15.3. The van der Waals surface area contributed by atoms with Gasteiger partial charge in [0.1, 0.15) is 25.6 Å². The summed E-state index contributed by atoms with van der Waals surface area (Å²) in [6.45, 7) is 11.9. The predicted octanol–water partition coefficient (Wildman–Crippen LogP) is 3.61. The lowest BCUT2D eigenvalue weighted by atomic mass is 10.0. The maximum Gasteiger partial charge on any atom is 0.410 e. The minimum Gasteiger partial charge on any atom is -0.508 e. The molecule has 13 heteroatoms. The van der Waals surface area contributed by atoms with Crippen molar-refractivity contribution in [3.05, 3.63) is 29.8 Å². The number of ether oxygens (including phenoxy) is 3. The molecule has 0 saturated heterocycles. The van der Waals surface area contributed by atoms with Crippen LogP contribution in [-0.2, 0) is 25.4 Å². The molecule has 4 amide bonds. The number of likely N-dealkylation sites (N-methyl/N-ethyl adjacent to an activating group) is 1. The Hall–Kier alpha value is -3.74. The van der Waals surface area contributed by atoms with Gasteiger partial charge in [0.15, 0.2) is 0 Å². The van der Waals surface area contributed by atoms with Crippen LogP contribution in [0.1, 0.15) is 66.4 Å². The van der Waals surface area contributed by atoms with Crippen LogP contribution in [-0.4, -0.2) is 96.7 Å². The van der Waals surface area contributed by atoms with E-state index in [-0.39, 0.29) is 49.4 Å². The summed E-state index contributed by atoms with van der Waals surface area (Å²) in [4.78, 5) is 52.9. The Kier molecular flexibility index (Phi) is 17.6. The van der Waals surface area contributed by atoms with Gasteiger partial charge in [-0.1, -0.05) is 46.2 Å². The van der Waals surface area contributed by atoms with E-state index in [1.54, 1.807) is 12.1 Å². The van der Waals surface area contributed by atoms with Crippen LogP contribution in [0.4, 0.5) is 14.4 Å². The standard InChI is InChI=1S/C31H53N5O8/c1-7-35(30(40)43-18-25(34-23(6)37)10-8-9-15-32)28(22(4)5)20-44-31(41)36(17-21(2)3)26(19-42-29(33)39)16-24-11-13-27(38)14-12-24/h11-14,21-22,25-26,28,38H,7-10,15-20,32H2,1-6H3,(H2,33,39)(H,34,37)/t25-,26-,28+/m0/s1. The van der Waals surface area contributed by atoms with Gasteiger partial charge in [0, 0.05) is 20.0 Å². The van der Waals surface area contributed by atoms with Crippen molar-refractivity contribution in [1.82, 2.24) is 15.1 Å². The van der Waals surface area contributed by atoms with Gasteiger partial charge in [-0.2, -0.15) is 0 Å². The average molecular weight is 624 g/mol. The molecule has 1 rings (SSSR count). The number of carbonyl (C=O) groups excluding carboxylic acids is 4. The number of rotatable bonds is 19. The van der Waals surface area contributed by atoms with Crippen LogP contribution >= 0.6 is 0 Å². The fourth-order valence-electron chi connectivity index (χ4n) is 4.76. The highest BCUT2D eigenvalue weighted by atomic mass is 16.6. The van der Waals surface area contributed by atoms with Crippen molar-refractivity contribution in [2.45, 2.75) is 85.4 Å². The molecule has 1 aromatic rings. The molecule has 0 bridgehead atoms. The topological polar surface area (TPSA) is 187 Å². The molecule has 250 valence electrons. The number of nitrogens with one attached hydrogen (secondary N) is 1. The van der Waals surface area contributed by atoms with E-state index in [1.165, 1.54) is 28.9 Å². The number of benzene rings is 1. The Morgan fingerprint density at radius 3 is 2.05 bits per heavy atom. The maximum absolute atomic E-state index is 13.6. The molecular formula is C31H53N5O8. The summed E-state index contributed by atoms with van der Waals surface area (Å²) in [6.07, 6.45) is 0.355. The van der Waals surface area contributed by atoms with E-state index >= 15 is 0 Å². The summed E-state index contributed by atoms with van der Waals surface area (Å²) in [5.74, 6) is -0.138. The van der Waals surface area contributed by atoms with Crippen molar-refractivity contribution < 1.29 is 38.5 Å². The van der Waals surface area contributed by atoms with E-state index in [0.717, 1.165) is 18.4 Å². The average Bonchev–Trinajstić information content (AvgIpc) is 2.95. The largest absolute Gasteiger partial charge is 0.508 e. The molecule has 1 aromatic carbocycles. The van der Waals surface area contributed by atoms with Gasteiger partial charge in [-0.15, -0.1) is 0 Å². The van der Waals surface area contributed by atoms with Crippen LogP contribution in [0, 0.1) is 11.8 Å². The first-order valence-electron chi connectivity index (χ1n) is 15.3. The lowest BCUT2D eigenvalue weighted by Crippen LogP contribution is -2.50. The number of amides is 4. The van der Waals surface area contributed by atoms with Crippen LogP contribution in [0.3, 0.4) is 0 Å². The summed E-state index contributed by atoms with van der Waals surface area (Å²) in [5.41, 5.74) is 11.6. The second-order valence-corrected chi connectivity index (χ2v) is 11.6. The maximum atomic E-state index is 13.6. The minimum absolute atomic E-state index is 0.00502. The highest BCUT2D eigenvalue weighted by Crippen LogP contribution is 2.19. The molecule has 0 aromatic heterocycles. The Bertz CT molecular complexity index is 1020. The molecule has 0 radical (unpaired) electrons. The van der Waals surface area contributed by atoms with E-state index in [9.17, 15) is 24.3 Å². The number of carbonyl (C=O) groups is 4. The normalized spacial score (nSPS) is 13.1. The van der Waals surface area contributed by atoms with Crippen LogP contribution in [0.2, 0.25) is 0 Å². The van der Waals surface area contributed by atoms with E-state index in [2.05, 4.69) is 5.32 Å². The lowest BCUT2D eigenvalue weighted by molar-refractivity contribution is -0.120. The third kappa shape index (κ3) is 14.6. The van der Waals surface area contributed by atoms with Gasteiger partial charge in [0.25, 0.3) is 0 Å². The molecule has 6 N–H and O–H groups in total. The number of primary amides is 1. The predicted molar refractivity (Wildman–Crippen MR) is 167 cm³/mol. The van der Waals surface area contributed by atoms with E-state index < -0.39 is 30.4 Å². The summed E-state index contributed by atoms with van der Waals surface area (Å²) in [5, 5.41) is 12.5. The van der Waals surface area contributed by atoms with Crippen LogP contribution in [0.5, 0.6) is 5.75 Å². The number of nitrogens with zero attached hydrogens (tertiary/aromatic N) is 2. The number of nitrogens with two attached hydrogens (primary N) is 2. The number of hydrogen-bond donors (Lipinski definition) is 4. The van der Waals surface area contributed by atoms with E-state index in [0.29, 0.717) is 32.5 Å². The van der Waals surface area contributed by atoms with Gasteiger partial charge in [0.2, 0.25) is 5.91 Å². The lowest BCUT2D eigenvalue weighted by Gasteiger charge is -2.35. The van der Waals surface area contributed by atoms with Crippen molar-refractivity contribution in [2.24, 2.45) is 23.3 Å². The Labute approximate surface area is 261 Å². The summed E-state index contributed by atoms with van der Waals surface area (Å²) < 4.78 is 16.5. The Morgan fingerprint density at radius 1 is 0.909 bits per heavy atom. The molecule has 0 heterocycles. The quantitative estimate of drug-likeness (QED) is 0.132. The van der Waals surface area contributed by atoms with E-state index in [1.807, 2.05) is 34.6 Å². The van der Waals surface area contributed by atoms with Crippen LogP contribution < -0.4 is 16.8 Å². The third-order valence-corrected chi connectivity index (χ3v) is 7.01. The molecule has 0 fully saturated rings. The van der Waals surface area contributed by atoms with Gasteiger partial charge in [-0.25, -0.2) is 14.4 Å². The zero-order valence-electron chi connectivity index (χ0n) is 27.1. The van der Waals surface area contributed by atoms with Crippen LogP contribution in [0.15, 0.2) is 24.3 Å². The smallest absolute Gasteiger partial charge is 0.410 e. The third-order valence-electron chi connectivity index (χ3n) is 7.01. The molecule has 0 saturated carbocycles. The SMILES string of the molecule is CCN(C(=O)OC[C@H](CCCCN)NC(C)=O)[C@H](COC(=O)N(CC(C)C)[C@H](COC(N)=O)Cc1ccc(O)cc1)C(C)C. The first kappa shape index (κ1) is 38.3. The fourth-order valence-corrected chi connectivity index (χ4v) is 4.76. The molecule has 0 aliphatic rings. The Balaban J connectivity index is 3.06. The van der Waals surface area contributed by atoms with Gasteiger partial charge >= 0.3 is 18.3 Å². The molecule has 0 unspecified atom stereocenters. The summed E-state index contributed by atoms with van der Waals surface area (Å²) in [7, 11) is 0. The highest BCUT2D eigenvalue weighted by molar-refractivity contribution is 5.73. The zero-order valence-corrected chi connectivity index (χ0v) is 27.1. The molecule has 44 heavy (non-hydrogen) atoms. The monoisotopic (exact) mass is 623 g/mol. The van der Waals surface area contributed by atoms with Crippen molar-refractivity contribution in [1.29, 1.82) is 0 Å². The van der Waals surface area contributed by atoms with Crippen molar-refractivity contribution in [3.63, 3.8) is 0 Å². The minimum atomic E-state index is -0.962. The van der Waals surface area contributed by atoms with Crippen molar-refractivity contribution in [2.75, 3.05) is 39.5 Å². The Morgan fingerprint density at radius 2 is 1.52 bits per heavy atom. The summed E-state index contributed by atoms with van der Waals surface area (Å²) >= 11 is 0. The van der Waals surface area contributed by atoms with Gasteiger partial charge < -0.3 is 45.9 Å². The molecule has 13 nitrogen and oxygen atoms in total. The second kappa shape index (κ2) is 20.3.